The second-order valence-electron chi connectivity index (χ2n) is 3.69. The molecule has 90 valence electrons. The van der Waals surface area contributed by atoms with Crippen LogP contribution in [0.25, 0.3) is 6.20 Å². The van der Waals surface area contributed by atoms with Crippen LogP contribution in [0.15, 0.2) is 43.2 Å². The van der Waals surface area contributed by atoms with Gasteiger partial charge in [-0.25, -0.2) is 4.98 Å². The average molecular weight is 251 g/mol. The lowest BCUT2D eigenvalue weighted by Crippen LogP contribution is -2.06. The second kappa shape index (κ2) is 5.66. The minimum Gasteiger partial charge on any atom is -0.380 e. The summed E-state index contributed by atoms with van der Waals surface area (Å²) in [4.78, 5) is 4.13. The van der Waals surface area contributed by atoms with Crippen molar-refractivity contribution < 1.29 is 5.11 Å². The monoisotopic (exact) mass is 250 g/mol. The fourth-order valence-corrected chi connectivity index (χ4v) is 1.59. The smallest absolute Gasteiger partial charge is 0.146 e. The van der Waals surface area contributed by atoms with Crippen molar-refractivity contribution in [1.29, 1.82) is 0 Å². The molecule has 17 heavy (non-hydrogen) atoms. The maximum Gasteiger partial charge on any atom is 0.146 e. The maximum atomic E-state index is 10.2. The van der Waals surface area contributed by atoms with Crippen molar-refractivity contribution in [3.63, 3.8) is 0 Å². The predicted molar refractivity (Wildman–Crippen MR) is 71.1 cm³/mol. The summed E-state index contributed by atoms with van der Waals surface area (Å²) in [6.45, 7) is 5.68. The van der Waals surface area contributed by atoms with Gasteiger partial charge in [0, 0.05) is 18.6 Å². The molecule has 1 atom stereocenters. The van der Waals surface area contributed by atoms with Gasteiger partial charge in [0.2, 0.25) is 0 Å². The van der Waals surface area contributed by atoms with Crippen molar-refractivity contribution in [3.8, 4) is 0 Å². The van der Waals surface area contributed by atoms with E-state index in [2.05, 4.69) is 11.6 Å². The summed E-state index contributed by atoms with van der Waals surface area (Å²) in [6.07, 6.45) is 4.32. The Kier molecular flexibility index (Phi) is 4.49. The molecule has 0 aliphatic carbocycles. The topological polar surface area (TPSA) is 38.0 Å². The van der Waals surface area contributed by atoms with Gasteiger partial charge in [0.25, 0.3) is 0 Å². The number of aryl methyl sites for hydroxylation is 1. The molecule has 0 spiro atoms. The lowest BCUT2D eigenvalue weighted by Gasteiger charge is -2.11. The van der Waals surface area contributed by atoms with Crippen molar-refractivity contribution >= 4 is 18.6 Å². The molecule has 0 bridgehead atoms. The number of aliphatic hydroxyl groups excluding tert-OH is 1. The Balaban J connectivity index is 0.00000144. The van der Waals surface area contributed by atoms with Crippen molar-refractivity contribution in [2.45, 2.75) is 13.0 Å². The molecule has 0 aliphatic heterocycles. The second-order valence-corrected chi connectivity index (χ2v) is 3.69. The summed E-state index contributed by atoms with van der Waals surface area (Å²) in [5.74, 6) is 0.582. The van der Waals surface area contributed by atoms with Gasteiger partial charge in [0.15, 0.2) is 0 Å². The fourth-order valence-electron chi connectivity index (χ4n) is 1.59. The zero-order chi connectivity index (χ0) is 11.5. The SMILES string of the molecule is C=Cn1ccnc1C(O)c1ccc(C)cc1.Cl. The van der Waals surface area contributed by atoms with Crippen LogP contribution in [0.1, 0.15) is 23.1 Å². The minimum absolute atomic E-state index is 0. The van der Waals surface area contributed by atoms with Crippen LogP contribution in [0, 0.1) is 6.92 Å². The molecular formula is C13H15ClN2O. The van der Waals surface area contributed by atoms with Crippen LogP contribution < -0.4 is 0 Å². The summed E-state index contributed by atoms with van der Waals surface area (Å²) in [5, 5.41) is 10.2. The highest BCUT2D eigenvalue weighted by atomic mass is 35.5. The Morgan fingerprint density at radius 3 is 2.59 bits per heavy atom. The average Bonchev–Trinajstić information content (AvgIpc) is 2.77. The Morgan fingerprint density at radius 1 is 1.35 bits per heavy atom. The molecule has 1 heterocycles. The summed E-state index contributed by atoms with van der Waals surface area (Å²) < 4.78 is 1.71. The van der Waals surface area contributed by atoms with Gasteiger partial charge in [-0.15, -0.1) is 12.4 Å². The molecular weight excluding hydrogens is 236 g/mol. The van der Waals surface area contributed by atoms with Crippen LogP contribution in [0.4, 0.5) is 0 Å². The lowest BCUT2D eigenvalue weighted by atomic mass is 10.1. The molecule has 2 rings (SSSR count). The van der Waals surface area contributed by atoms with Crippen LogP contribution in [-0.2, 0) is 0 Å². The number of halogens is 1. The number of benzene rings is 1. The molecule has 0 amide bonds. The first-order valence-electron chi connectivity index (χ1n) is 5.12. The van der Waals surface area contributed by atoms with Gasteiger partial charge in [-0.2, -0.15) is 0 Å². The third kappa shape index (κ3) is 2.75. The highest BCUT2D eigenvalue weighted by molar-refractivity contribution is 5.85. The van der Waals surface area contributed by atoms with Gasteiger partial charge in [-0.1, -0.05) is 36.4 Å². The third-order valence-electron chi connectivity index (χ3n) is 2.53. The highest BCUT2D eigenvalue weighted by Crippen LogP contribution is 2.20. The quantitative estimate of drug-likeness (QED) is 0.910. The first-order chi connectivity index (χ1) is 7.72. The molecule has 1 aromatic carbocycles. The lowest BCUT2D eigenvalue weighted by molar-refractivity contribution is 0.208. The number of hydrogen-bond donors (Lipinski definition) is 1. The molecule has 0 saturated heterocycles. The van der Waals surface area contributed by atoms with Gasteiger partial charge in [-0.3, -0.25) is 0 Å². The molecule has 0 fully saturated rings. The summed E-state index contributed by atoms with van der Waals surface area (Å²) in [6, 6.07) is 7.75. The third-order valence-corrected chi connectivity index (χ3v) is 2.53. The Morgan fingerprint density at radius 2 is 2.00 bits per heavy atom. The largest absolute Gasteiger partial charge is 0.380 e. The molecule has 1 unspecified atom stereocenters. The number of aromatic nitrogens is 2. The van der Waals surface area contributed by atoms with Crippen LogP contribution in [0.5, 0.6) is 0 Å². The van der Waals surface area contributed by atoms with Crippen LogP contribution in [0.2, 0.25) is 0 Å². The fraction of sp³-hybridized carbons (Fsp3) is 0.154. The molecule has 1 aromatic heterocycles. The van der Waals surface area contributed by atoms with E-state index in [-0.39, 0.29) is 12.4 Å². The summed E-state index contributed by atoms with van der Waals surface area (Å²) >= 11 is 0. The van der Waals surface area contributed by atoms with Gasteiger partial charge >= 0.3 is 0 Å². The molecule has 0 aliphatic rings. The van der Waals surface area contributed by atoms with Gasteiger partial charge in [0.05, 0.1) is 0 Å². The minimum atomic E-state index is -0.714. The standard InChI is InChI=1S/C13H14N2O.ClH/c1-3-15-9-8-14-13(15)12(16)11-6-4-10(2)5-7-11;/h3-9,12,16H,1H2,2H3;1H. The molecule has 4 heteroatoms. The van der Waals surface area contributed by atoms with Crippen LogP contribution in [-0.4, -0.2) is 14.7 Å². The van der Waals surface area contributed by atoms with Crippen LogP contribution >= 0.6 is 12.4 Å². The zero-order valence-electron chi connectivity index (χ0n) is 9.58. The van der Waals surface area contributed by atoms with Crippen LogP contribution in [0.3, 0.4) is 0 Å². The van der Waals surface area contributed by atoms with Crippen molar-refractivity contribution in [2.24, 2.45) is 0 Å². The van der Waals surface area contributed by atoms with Crippen molar-refractivity contribution in [2.75, 3.05) is 0 Å². The maximum absolute atomic E-state index is 10.2. The Labute approximate surface area is 107 Å². The van der Waals surface area contributed by atoms with Gasteiger partial charge < -0.3 is 9.67 Å². The zero-order valence-corrected chi connectivity index (χ0v) is 10.4. The summed E-state index contributed by atoms with van der Waals surface area (Å²) in [5.41, 5.74) is 2.00. The highest BCUT2D eigenvalue weighted by Gasteiger charge is 2.14. The van der Waals surface area contributed by atoms with E-state index in [9.17, 15) is 5.11 Å². The van der Waals surface area contributed by atoms with E-state index in [1.165, 1.54) is 5.56 Å². The molecule has 0 saturated carbocycles. The Bertz CT molecular complexity index is 490. The van der Waals surface area contributed by atoms with Crippen molar-refractivity contribution in [1.82, 2.24) is 9.55 Å². The van der Waals surface area contributed by atoms with E-state index in [0.29, 0.717) is 5.82 Å². The first kappa shape index (κ1) is 13.5. The van der Waals surface area contributed by atoms with E-state index < -0.39 is 6.10 Å². The molecule has 3 nitrogen and oxygen atoms in total. The van der Waals surface area contributed by atoms with E-state index in [0.717, 1.165) is 5.56 Å². The van der Waals surface area contributed by atoms with Gasteiger partial charge in [-0.05, 0) is 12.5 Å². The van der Waals surface area contributed by atoms with E-state index in [4.69, 9.17) is 0 Å². The molecule has 1 N–H and O–H groups in total. The molecule has 0 radical (unpaired) electrons. The van der Waals surface area contributed by atoms with E-state index in [1.807, 2.05) is 31.2 Å². The van der Waals surface area contributed by atoms with E-state index in [1.54, 1.807) is 23.2 Å². The molecule has 2 aromatic rings. The first-order valence-corrected chi connectivity index (χ1v) is 5.12. The van der Waals surface area contributed by atoms with Gasteiger partial charge in [0.1, 0.15) is 11.9 Å². The predicted octanol–water partition coefficient (Wildman–Crippen LogP) is 2.80. The Hall–Kier alpha value is -1.58. The summed E-state index contributed by atoms with van der Waals surface area (Å²) in [7, 11) is 0. The number of aliphatic hydroxyl groups is 1. The van der Waals surface area contributed by atoms with Crippen molar-refractivity contribution in [3.05, 3.63) is 60.2 Å². The number of nitrogens with zero attached hydrogens (tertiary/aromatic N) is 2. The number of rotatable bonds is 3. The number of hydrogen-bond acceptors (Lipinski definition) is 2. The normalized spacial score (nSPS) is 11.6. The van der Waals surface area contributed by atoms with E-state index >= 15 is 0 Å². The number of imidazole rings is 1.